The second-order valence-corrected chi connectivity index (χ2v) is 7.68. The van der Waals surface area contributed by atoms with Crippen molar-refractivity contribution in [2.24, 2.45) is 5.92 Å². The normalized spacial score (nSPS) is 19.7. The number of benzene rings is 1. The van der Waals surface area contributed by atoms with Crippen LogP contribution in [-0.4, -0.2) is 53.6 Å². The number of esters is 1. The van der Waals surface area contributed by atoms with Gasteiger partial charge in [-0.3, -0.25) is 4.79 Å². The minimum atomic E-state index is -3.42. The fraction of sp³-hybridized carbons (Fsp3) is 0.500. The van der Waals surface area contributed by atoms with Crippen LogP contribution >= 0.6 is 0 Å². The van der Waals surface area contributed by atoms with Crippen LogP contribution < -0.4 is 0 Å². The van der Waals surface area contributed by atoms with Gasteiger partial charge in [0.1, 0.15) is 0 Å². The van der Waals surface area contributed by atoms with E-state index in [9.17, 15) is 23.5 Å². The lowest BCUT2D eigenvalue weighted by molar-refractivity contribution is -0.148. The number of nitrogens with zero attached hydrogens (tertiary/aromatic N) is 1. The molecule has 0 saturated carbocycles. The van der Waals surface area contributed by atoms with E-state index < -0.39 is 36.4 Å². The van der Waals surface area contributed by atoms with Crippen molar-refractivity contribution >= 4 is 11.9 Å². The number of ether oxygens (including phenoxy) is 1. The van der Waals surface area contributed by atoms with Crippen molar-refractivity contribution in [3.8, 4) is 11.8 Å². The minimum Gasteiger partial charge on any atom is -0.465 e. The van der Waals surface area contributed by atoms with Gasteiger partial charge in [-0.05, 0) is 30.0 Å². The summed E-state index contributed by atoms with van der Waals surface area (Å²) in [5.41, 5.74) is 1.20. The largest absolute Gasteiger partial charge is 0.465 e. The maximum absolute atomic E-state index is 14.1. The van der Waals surface area contributed by atoms with Gasteiger partial charge in [0, 0.05) is 25.8 Å². The van der Waals surface area contributed by atoms with Gasteiger partial charge in [-0.1, -0.05) is 38.1 Å². The van der Waals surface area contributed by atoms with Gasteiger partial charge in [-0.2, -0.15) is 8.78 Å². The quantitative estimate of drug-likeness (QED) is 0.386. The third-order valence-electron chi connectivity index (χ3n) is 5.30. The highest BCUT2D eigenvalue weighted by Gasteiger charge is 2.52. The van der Waals surface area contributed by atoms with Crippen LogP contribution in [0.1, 0.15) is 49.0 Å². The highest BCUT2D eigenvalue weighted by molar-refractivity contribution is 5.89. The molecule has 0 aromatic heterocycles. The van der Waals surface area contributed by atoms with E-state index in [0.717, 1.165) is 16.9 Å². The molecule has 0 bridgehead atoms. The standard InChI is InChI=1S/C24H29F2NO4/c1-4-5-6-7-17(2)21(28)13-12-20-16-24(25,26)23(30)27(20)15-14-18-8-10-19(11-9-18)22(29)31-3/h8-13,17,20-21,28H,4,7,14-16H2,1-3H3/b13-12+/t17?,20-,21-/m0/s1. The Balaban J connectivity index is 2.04. The van der Waals surface area contributed by atoms with Gasteiger partial charge < -0.3 is 14.7 Å². The molecule has 1 fully saturated rings. The molecular weight excluding hydrogens is 404 g/mol. The molecule has 1 amide bonds. The summed E-state index contributed by atoms with van der Waals surface area (Å²) in [5.74, 6) is 0.675. The number of aliphatic hydroxyl groups excluding tert-OH is 1. The molecule has 1 aliphatic heterocycles. The molecule has 0 spiro atoms. The summed E-state index contributed by atoms with van der Waals surface area (Å²) in [6.07, 6.45) is 3.13. The number of carbonyl (C=O) groups excluding carboxylic acids is 2. The molecular formula is C24H29F2NO4. The van der Waals surface area contributed by atoms with Crippen LogP contribution in [0.15, 0.2) is 36.4 Å². The average molecular weight is 433 g/mol. The van der Waals surface area contributed by atoms with Crippen LogP contribution in [0.3, 0.4) is 0 Å². The maximum Gasteiger partial charge on any atom is 0.337 e. The third kappa shape index (κ3) is 6.63. The molecule has 31 heavy (non-hydrogen) atoms. The summed E-state index contributed by atoms with van der Waals surface area (Å²) >= 11 is 0. The Morgan fingerprint density at radius 1 is 1.35 bits per heavy atom. The zero-order valence-corrected chi connectivity index (χ0v) is 18.1. The van der Waals surface area contributed by atoms with Gasteiger partial charge in [0.2, 0.25) is 0 Å². The highest BCUT2D eigenvalue weighted by Crippen LogP contribution is 2.34. The molecule has 1 heterocycles. The molecule has 1 N–H and O–H groups in total. The van der Waals surface area contributed by atoms with E-state index in [1.165, 1.54) is 19.3 Å². The summed E-state index contributed by atoms with van der Waals surface area (Å²) in [6.45, 7) is 3.88. The first-order valence-electron chi connectivity index (χ1n) is 10.4. The second kappa shape index (κ2) is 11.1. The van der Waals surface area contributed by atoms with Crippen molar-refractivity contribution in [2.75, 3.05) is 13.7 Å². The molecule has 7 heteroatoms. The predicted molar refractivity (Wildman–Crippen MR) is 114 cm³/mol. The monoisotopic (exact) mass is 433 g/mol. The SMILES string of the molecule is CCC#CCC(C)[C@@H](O)/C=C/[C@H]1CC(F)(F)C(=O)N1CCc1ccc(C(=O)OC)cc1. The van der Waals surface area contributed by atoms with E-state index in [0.29, 0.717) is 18.4 Å². The molecule has 1 saturated heterocycles. The van der Waals surface area contributed by atoms with Gasteiger partial charge in [-0.25, -0.2) is 4.79 Å². The van der Waals surface area contributed by atoms with E-state index in [1.807, 2.05) is 13.8 Å². The van der Waals surface area contributed by atoms with Gasteiger partial charge in [0.05, 0.1) is 24.8 Å². The van der Waals surface area contributed by atoms with E-state index in [1.54, 1.807) is 24.3 Å². The lowest BCUT2D eigenvalue weighted by Crippen LogP contribution is -2.37. The van der Waals surface area contributed by atoms with Crippen molar-refractivity contribution < 1.29 is 28.2 Å². The molecule has 2 rings (SSSR count). The van der Waals surface area contributed by atoms with Crippen molar-refractivity contribution in [3.63, 3.8) is 0 Å². The summed E-state index contributed by atoms with van der Waals surface area (Å²) < 4.78 is 32.8. The Kier molecular flexibility index (Phi) is 8.76. The van der Waals surface area contributed by atoms with Crippen molar-refractivity contribution in [1.82, 2.24) is 4.90 Å². The van der Waals surface area contributed by atoms with E-state index in [-0.39, 0.29) is 12.5 Å². The fourth-order valence-electron chi connectivity index (χ4n) is 3.35. The number of likely N-dealkylation sites (tertiary alicyclic amines) is 1. The number of amides is 1. The predicted octanol–water partition coefficient (Wildman–Crippen LogP) is 3.61. The zero-order valence-electron chi connectivity index (χ0n) is 18.1. The summed E-state index contributed by atoms with van der Waals surface area (Å²) in [7, 11) is 1.29. The number of carbonyl (C=O) groups is 2. The number of alkyl halides is 2. The molecule has 1 unspecified atom stereocenters. The highest BCUT2D eigenvalue weighted by atomic mass is 19.3. The van der Waals surface area contributed by atoms with E-state index in [4.69, 9.17) is 0 Å². The lowest BCUT2D eigenvalue weighted by atomic mass is 9.99. The Labute approximate surface area is 182 Å². The fourth-order valence-corrected chi connectivity index (χ4v) is 3.35. The number of rotatable bonds is 8. The van der Waals surface area contributed by atoms with Crippen molar-refractivity contribution in [2.45, 2.75) is 57.6 Å². The van der Waals surface area contributed by atoms with Gasteiger partial charge in [-0.15, -0.1) is 11.8 Å². The first-order valence-corrected chi connectivity index (χ1v) is 10.4. The number of hydrogen-bond donors (Lipinski definition) is 1. The zero-order chi connectivity index (χ0) is 23.0. The molecule has 0 radical (unpaired) electrons. The van der Waals surface area contributed by atoms with Crippen molar-refractivity contribution in [1.29, 1.82) is 0 Å². The van der Waals surface area contributed by atoms with Crippen LogP contribution in [0.25, 0.3) is 0 Å². The summed E-state index contributed by atoms with van der Waals surface area (Å²) in [4.78, 5) is 24.8. The number of methoxy groups -OCH3 is 1. The Morgan fingerprint density at radius 3 is 2.65 bits per heavy atom. The third-order valence-corrected chi connectivity index (χ3v) is 5.30. The molecule has 5 nitrogen and oxygen atoms in total. The Hall–Kier alpha value is -2.72. The number of halogens is 2. The molecule has 1 aliphatic rings. The topological polar surface area (TPSA) is 66.8 Å². The maximum atomic E-state index is 14.1. The Bertz CT molecular complexity index is 855. The van der Waals surface area contributed by atoms with Crippen LogP contribution in [0.2, 0.25) is 0 Å². The molecule has 0 aliphatic carbocycles. The van der Waals surface area contributed by atoms with Crippen LogP contribution in [0.4, 0.5) is 8.78 Å². The molecule has 1 aromatic carbocycles. The second-order valence-electron chi connectivity index (χ2n) is 7.68. The first-order chi connectivity index (χ1) is 14.7. The van der Waals surface area contributed by atoms with E-state index >= 15 is 0 Å². The molecule has 3 atom stereocenters. The lowest BCUT2D eigenvalue weighted by Gasteiger charge is -2.22. The van der Waals surface area contributed by atoms with Crippen LogP contribution in [0, 0.1) is 17.8 Å². The van der Waals surface area contributed by atoms with Gasteiger partial charge in [0.25, 0.3) is 5.91 Å². The number of hydrogen-bond acceptors (Lipinski definition) is 4. The minimum absolute atomic E-state index is 0.106. The number of aliphatic hydroxyl groups is 1. The molecule has 168 valence electrons. The van der Waals surface area contributed by atoms with Crippen LogP contribution in [0.5, 0.6) is 0 Å². The van der Waals surface area contributed by atoms with Crippen LogP contribution in [-0.2, 0) is 16.0 Å². The summed E-state index contributed by atoms with van der Waals surface area (Å²) in [6, 6.07) is 5.81. The van der Waals surface area contributed by atoms with Crippen molar-refractivity contribution in [3.05, 3.63) is 47.5 Å². The average Bonchev–Trinajstić information content (AvgIpc) is 2.98. The first kappa shape index (κ1) is 24.5. The van der Waals surface area contributed by atoms with Gasteiger partial charge >= 0.3 is 11.9 Å². The molecule has 1 aromatic rings. The Morgan fingerprint density at radius 2 is 2.03 bits per heavy atom. The smallest absolute Gasteiger partial charge is 0.337 e. The van der Waals surface area contributed by atoms with E-state index in [2.05, 4.69) is 16.6 Å². The summed E-state index contributed by atoms with van der Waals surface area (Å²) in [5, 5.41) is 10.3. The van der Waals surface area contributed by atoms with Gasteiger partial charge in [0.15, 0.2) is 0 Å².